The van der Waals surface area contributed by atoms with E-state index in [0.29, 0.717) is 13.0 Å². The van der Waals surface area contributed by atoms with Crippen molar-refractivity contribution < 1.29 is 4.79 Å². The zero-order valence-electron chi connectivity index (χ0n) is 13.7. The fraction of sp³-hybridized carbons (Fsp3) is 0.588. The number of hydrogen-bond acceptors (Lipinski definition) is 3. The predicted molar refractivity (Wildman–Crippen MR) is 88.0 cm³/mol. The summed E-state index contributed by atoms with van der Waals surface area (Å²) in [5, 5.41) is 3.02. The quantitative estimate of drug-likeness (QED) is 0.773. The number of hydrogen-bond donors (Lipinski definition) is 2. The Morgan fingerprint density at radius 1 is 1.24 bits per heavy atom. The van der Waals surface area contributed by atoms with Gasteiger partial charge in [0.1, 0.15) is 0 Å². The van der Waals surface area contributed by atoms with Crippen molar-refractivity contribution in [2.24, 2.45) is 5.73 Å². The smallest absolute Gasteiger partial charge is 0.239 e. The van der Waals surface area contributed by atoms with E-state index in [9.17, 15) is 4.79 Å². The maximum atomic E-state index is 12.2. The van der Waals surface area contributed by atoms with E-state index in [2.05, 4.69) is 36.2 Å². The van der Waals surface area contributed by atoms with Crippen molar-refractivity contribution in [3.05, 3.63) is 35.9 Å². The van der Waals surface area contributed by atoms with Crippen LogP contribution in [0.3, 0.4) is 0 Å². The van der Waals surface area contributed by atoms with Crippen LogP contribution in [0.15, 0.2) is 30.3 Å². The largest absolute Gasteiger partial charge is 0.353 e. The molecule has 0 radical (unpaired) electrons. The van der Waals surface area contributed by atoms with Gasteiger partial charge in [-0.25, -0.2) is 0 Å². The van der Waals surface area contributed by atoms with Crippen LogP contribution in [0, 0.1) is 0 Å². The Morgan fingerprint density at radius 3 is 2.29 bits per heavy atom. The van der Waals surface area contributed by atoms with Gasteiger partial charge in [-0.3, -0.25) is 9.69 Å². The molecule has 1 rings (SSSR count). The van der Waals surface area contributed by atoms with Crippen molar-refractivity contribution in [2.75, 3.05) is 19.6 Å². The molecule has 2 atom stereocenters. The third-order valence-corrected chi connectivity index (χ3v) is 4.15. The van der Waals surface area contributed by atoms with Gasteiger partial charge in [0, 0.05) is 6.54 Å². The molecule has 0 saturated carbocycles. The Bertz CT molecular complexity index is 427. The van der Waals surface area contributed by atoms with Crippen molar-refractivity contribution in [3.63, 3.8) is 0 Å². The van der Waals surface area contributed by atoms with Crippen LogP contribution < -0.4 is 11.1 Å². The van der Waals surface area contributed by atoms with Gasteiger partial charge in [0.05, 0.1) is 11.6 Å². The lowest BCUT2D eigenvalue weighted by Crippen LogP contribution is -2.52. The molecule has 21 heavy (non-hydrogen) atoms. The van der Waals surface area contributed by atoms with E-state index < -0.39 is 5.54 Å². The standard InChI is InChI=1S/C17H29N3O/c1-5-17(4,18)16(21)19-13-15(20(6-2)7-3)14-11-9-8-10-12-14/h8-12,15H,5-7,13,18H2,1-4H3,(H,19,21). The Balaban J connectivity index is 2.82. The highest BCUT2D eigenvalue weighted by Crippen LogP contribution is 2.19. The van der Waals surface area contributed by atoms with Gasteiger partial charge >= 0.3 is 0 Å². The highest BCUT2D eigenvalue weighted by molar-refractivity contribution is 5.85. The Hall–Kier alpha value is -1.39. The number of carbonyl (C=O) groups is 1. The molecule has 0 aliphatic rings. The van der Waals surface area contributed by atoms with Crippen molar-refractivity contribution in [2.45, 2.75) is 45.7 Å². The summed E-state index contributed by atoms with van der Waals surface area (Å²) < 4.78 is 0. The van der Waals surface area contributed by atoms with E-state index >= 15 is 0 Å². The van der Waals surface area contributed by atoms with Gasteiger partial charge in [-0.15, -0.1) is 0 Å². The van der Waals surface area contributed by atoms with Crippen molar-refractivity contribution in [1.29, 1.82) is 0 Å². The molecule has 0 spiro atoms. The van der Waals surface area contributed by atoms with E-state index in [1.165, 1.54) is 5.56 Å². The summed E-state index contributed by atoms with van der Waals surface area (Å²) in [4.78, 5) is 14.5. The van der Waals surface area contributed by atoms with Crippen LogP contribution in [0.1, 0.15) is 45.7 Å². The number of amides is 1. The van der Waals surface area contributed by atoms with Crippen LogP contribution in [0.4, 0.5) is 0 Å². The Kier molecular flexibility index (Phi) is 6.85. The summed E-state index contributed by atoms with van der Waals surface area (Å²) in [5.74, 6) is -0.0851. The number of nitrogens with zero attached hydrogens (tertiary/aromatic N) is 1. The second kappa shape index (κ2) is 8.15. The second-order valence-corrected chi connectivity index (χ2v) is 5.63. The summed E-state index contributed by atoms with van der Waals surface area (Å²) >= 11 is 0. The average Bonchev–Trinajstić information content (AvgIpc) is 2.51. The van der Waals surface area contributed by atoms with Gasteiger partial charge in [0.15, 0.2) is 0 Å². The average molecular weight is 291 g/mol. The molecule has 2 unspecified atom stereocenters. The number of carbonyl (C=O) groups excluding carboxylic acids is 1. The lowest BCUT2D eigenvalue weighted by Gasteiger charge is -2.31. The zero-order chi connectivity index (χ0) is 15.9. The lowest BCUT2D eigenvalue weighted by molar-refractivity contribution is -0.126. The highest BCUT2D eigenvalue weighted by atomic mass is 16.2. The molecule has 0 bridgehead atoms. The minimum atomic E-state index is -0.801. The van der Waals surface area contributed by atoms with Crippen LogP contribution >= 0.6 is 0 Å². The molecular weight excluding hydrogens is 262 g/mol. The van der Waals surface area contributed by atoms with Gasteiger partial charge < -0.3 is 11.1 Å². The monoisotopic (exact) mass is 291 g/mol. The fourth-order valence-electron chi connectivity index (χ4n) is 2.35. The molecule has 0 aliphatic heterocycles. The minimum Gasteiger partial charge on any atom is -0.353 e. The summed E-state index contributed by atoms with van der Waals surface area (Å²) in [6.07, 6.45) is 0.625. The van der Waals surface area contributed by atoms with E-state index in [-0.39, 0.29) is 11.9 Å². The normalized spacial score (nSPS) is 15.5. The SMILES string of the molecule is CCN(CC)C(CNC(=O)C(C)(N)CC)c1ccccc1. The van der Waals surface area contributed by atoms with Crippen molar-refractivity contribution in [3.8, 4) is 0 Å². The number of nitrogens with two attached hydrogens (primary N) is 1. The predicted octanol–water partition coefficient (Wildman–Crippen LogP) is 2.31. The molecule has 0 heterocycles. The first-order valence-corrected chi connectivity index (χ1v) is 7.82. The van der Waals surface area contributed by atoms with Crippen molar-refractivity contribution in [1.82, 2.24) is 10.2 Å². The number of nitrogens with one attached hydrogen (secondary N) is 1. The Morgan fingerprint density at radius 2 is 1.81 bits per heavy atom. The van der Waals surface area contributed by atoms with Crippen LogP contribution in [-0.2, 0) is 4.79 Å². The topological polar surface area (TPSA) is 58.4 Å². The van der Waals surface area contributed by atoms with Gasteiger partial charge in [-0.2, -0.15) is 0 Å². The molecule has 4 nitrogen and oxygen atoms in total. The van der Waals surface area contributed by atoms with Crippen molar-refractivity contribution >= 4 is 5.91 Å². The maximum Gasteiger partial charge on any atom is 0.239 e. The molecule has 1 aromatic carbocycles. The van der Waals surface area contributed by atoms with Crippen LogP contribution in [0.5, 0.6) is 0 Å². The molecule has 0 aliphatic carbocycles. The molecular formula is C17H29N3O. The molecule has 0 saturated heterocycles. The molecule has 118 valence electrons. The van der Waals surface area contributed by atoms with Gasteiger partial charge in [0.2, 0.25) is 5.91 Å². The summed E-state index contributed by atoms with van der Waals surface area (Å²) in [6.45, 7) is 10.5. The van der Waals surface area contributed by atoms with Crippen LogP contribution in [0.2, 0.25) is 0 Å². The van der Waals surface area contributed by atoms with Crippen LogP contribution in [-0.4, -0.2) is 36.0 Å². The number of likely N-dealkylation sites (N-methyl/N-ethyl adjacent to an activating group) is 1. The van der Waals surface area contributed by atoms with E-state index in [0.717, 1.165) is 13.1 Å². The molecule has 4 heteroatoms. The molecule has 3 N–H and O–H groups in total. The summed E-state index contributed by atoms with van der Waals surface area (Å²) in [5.41, 5.74) is 6.42. The summed E-state index contributed by atoms with van der Waals surface area (Å²) in [6, 6.07) is 10.5. The third-order valence-electron chi connectivity index (χ3n) is 4.15. The van der Waals surface area contributed by atoms with Gasteiger partial charge in [-0.1, -0.05) is 51.1 Å². The number of benzene rings is 1. The van der Waals surface area contributed by atoms with Gasteiger partial charge in [0.25, 0.3) is 0 Å². The van der Waals surface area contributed by atoms with Gasteiger partial charge in [-0.05, 0) is 32.0 Å². The van der Waals surface area contributed by atoms with E-state index in [1.807, 2.05) is 25.1 Å². The van der Waals surface area contributed by atoms with E-state index in [1.54, 1.807) is 6.92 Å². The highest BCUT2D eigenvalue weighted by Gasteiger charge is 2.27. The molecule has 0 fully saturated rings. The molecule has 1 aromatic rings. The Labute approximate surface area is 128 Å². The third kappa shape index (κ3) is 4.83. The number of rotatable bonds is 8. The minimum absolute atomic E-state index is 0.0851. The zero-order valence-corrected chi connectivity index (χ0v) is 13.7. The first kappa shape index (κ1) is 17.7. The fourth-order valence-corrected chi connectivity index (χ4v) is 2.35. The first-order chi connectivity index (χ1) is 9.96. The van der Waals surface area contributed by atoms with E-state index in [4.69, 9.17) is 5.73 Å². The second-order valence-electron chi connectivity index (χ2n) is 5.63. The van der Waals surface area contributed by atoms with Crippen LogP contribution in [0.25, 0.3) is 0 Å². The summed E-state index contributed by atoms with van der Waals surface area (Å²) in [7, 11) is 0. The first-order valence-electron chi connectivity index (χ1n) is 7.82. The maximum absolute atomic E-state index is 12.2. The molecule has 0 aromatic heterocycles. The lowest BCUT2D eigenvalue weighted by atomic mass is 9.98. The molecule has 1 amide bonds.